The molecule has 30 heavy (non-hydrogen) atoms. The van der Waals surface area contributed by atoms with Gasteiger partial charge in [-0.1, -0.05) is 29.8 Å². The fourth-order valence-corrected chi connectivity index (χ4v) is 4.35. The summed E-state index contributed by atoms with van der Waals surface area (Å²) in [4.78, 5) is 2.44. The van der Waals surface area contributed by atoms with Gasteiger partial charge in [0.05, 0.1) is 25.5 Å². The Kier molecular flexibility index (Phi) is 5.62. The van der Waals surface area contributed by atoms with E-state index in [9.17, 15) is 0 Å². The summed E-state index contributed by atoms with van der Waals surface area (Å²) in [6.07, 6.45) is 1.81. The predicted octanol–water partition coefficient (Wildman–Crippen LogP) is 4.48. The smallest absolute Gasteiger partial charge is 0.156 e. The number of benzene rings is 2. The largest absolute Gasteiger partial charge is 0.493 e. The number of nitrogens with zero attached hydrogens (tertiary/aromatic N) is 2. The number of morpholine rings is 1. The van der Waals surface area contributed by atoms with E-state index >= 15 is 0 Å². The standard InChI is InChI=1S/C23H25ClN4O2/c24-16-4-1-5-17(14-16)25-23-20-15-19-18(22(20)26-27-23)6-2-7-21(19)30-11-3-8-28-9-12-29-13-10-28/h1-2,4-7,14H,3,8-13,15H2,(H2,25,26,27). The highest BCUT2D eigenvalue weighted by atomic mass is 35.5. The molecule has 1 saturated heterocycles. The van der Waals surface area contributed by atoms with Crippen molar-refractivity contribution in [2.75, 3.05) is 44.8 Å². The number of nitrogens with one attached hydrogen (secondary N) is 2. The van der Waals surface area contributed by atoms with Crippen LogP contribution in [0.4, 0.5) is 11.5 Å². The second-order valence-corrected chi connectivity index (χ2v) is 8.11. The monoisotopic (exact) mass is 424 g/mol. The lowest BCUT2D eigenvalue weighted by molar-refractivity contribution is 0.0358. The molecule has 2 aromatic carbocycles. The van der Waals surface area contributed by atoms with Crippen molar-refractivity contribution in [2.24, 2.45) is 0 Å². The number of hydrogen-bond donors (Lipinski definition) is 2. The lowest BCUT2D eigenvalue weighted by Gasteiger charge is -2.26. The molecule has 2 aliphatic rings. The number of halogens is 1. The topological polar surface area (TPSA) is 62.4 Å². The first-order valence-corrected chi connectivity index (χ1v) is 10.8. The van der Waals surface area contributed by atoms with Gasteiger partial charge in [0.25, 0.3) is 0 Å². The van der Waals surface area contributed by atoms with Gasteiger partial charge >= 0.3 is 0 Å². The van der Waals surface area contributed by atoms with E-state index in [0.29, 0.717) is 11.6 Å². The lowest BCUT2D eigenvalue weighted by Crippen LogP contribution is -2.37. The molecule has 0 bridgehead atoms. The van der Waals surface area contributed by atoms with Gasteiger partial charge in [-0.15, -0.1) is 0 Å². The van der Waals surface area contributed by atoms with E-state index in [2.05, 4.69) is 38.6 Å². The van der Waals surface area contributed by atoms with Crippen LogP contribution in [-0.2, 0) is 11.2 Å². The third-order valence-electron chi connectivity index (χ3n) is 5.69. The van der Waals surface area contributed by atoms with Gasteiger partial charge < -0.3 is 14.8 Å². The highest BCUT2D eigenvalue weighted by molar-refractivity contribution is 6.30. The zero-order valence-corrected chi connectivity index (χ0v) is 17.5. The zero-order chi connectivity index (χ0) is 20.3. The molecule has 1 aliphatic carbocycles. The van der Waals surface area contributed by atoms with Crippen molar-refractivity contribution in [3.8, 4) is 17.0 Å². The normalized spacial score (nSPS) is 15.6. The quantitative estimate of drug-likeness (QED) is 0.428. The van der Waals surface area contributed by atoms with E-state index in [1.165, 1.54) is 11.1 Å². The van der Waals surface area contributed by atoms with Crippen LogP contribution in [-0.4, -0.2) is 54.6 Å². The van der Waals surface area contributed by atoms with Crippen molar-refractivity contribution in [1.82, 2.24) is 15.1 Å². The second-order valence-electron chi connectivity index (χ2n) is 7.68. The number of aromatic amines is 1. The molecule has 0 atom stereocenters. The van der Waals surface area contributed by atoms with Gasteiger partial charge in [-0.3, -0.25) is 10.00 Å². The van der Waals surface area contributed by atoms with Crippen molar-refractivity contribution in [3.05, 3.63) is 58.6 Å². The SMILES string of the molecule is Clc1cccc(Nc2n[nH]c3c2Cc2c(OCCCN4CCOCC4)cccc2-3)c1. The first-order chi connectivity index (χ1) is 14.8. The Morgan fingerprint density at radius 2 is 2.00 bits per heavy atom. The van der Waals surface area contributed by atoms with Crippen LogP contribution in [0, 0.1) is 0 Å². The number of aromatic nitrogens is 2. The number of H-pyrrole nitrogens is 1. The summed E-state index contributed by atoms with van der Waals surface area (Å²) in [5.41, 5.74) is 5.54. The Morgan fingerprint density at radius 3 is 2.87 bits per heavy atom. The summed E-state index contributed by atoms with van der Waals surface area (Å²) in [5.74, 6) is 1.80. The van der Waals surface area contributed by atoms with E-state index in [0.717, 1.165) is 74.2 Å². The van der Waals surface area contributed by atoms with E-state index in [1.54, 1.807) is 0 Å². The Labute approximate surface area is 181 Å². The maximum absolute atomic E-state index is 6.18. The number of hydrogen-bond acceptors (Lipinski definition) is 5. The van der Waals surface area contributed by atoms with Crippen molar-refractivity contribution in [3.63, 3.8) is 0 Å². The Hall–Kier alpha value is -2.54. The number of fused-ring (bicyclic) bond motifs is 3. The minimum Gasteiger partial charge on any atom is -0.493 e. The van der Waals surface area contributed by atoms with Crippen LogP contribution in [0.5, 0.6) is 5.75 Å². The summed E-state index contributed by atoms with van der Waals surface area (Å²) in [6.45, 7) is 5.48. The molecule has 0 saturated carbocycles. The Balaban J connectivity index is 1.25. The molecule has 2 N–H and O–H groups in total. The number of ether oxygens (including phenoxy) is 2. The highest BCUT2D eigenvalue weighted by Gasteiger charge is 2.27. The van der Waals surface area contributed by atoms with Crippen molar-refractivity contribution >= 4 is 23.1 Å². The summed E-state index contributed by atoms with van der Waals surface area (Å²) in [7, 11) is 0. The summed E-state index contributed by atoms with van der Waals surface area (Å²) >= 11 is 6.11. The maximum atomic E-state index is 6.18. The molecule has 1 aromatic heterocycles. The molecule has 2 heterocycles. The zero-order valence-electron chi connectivity index (χ0n) is 16.8. The molecular weight excluding hydrogens is 400 g/mol. The number of rotatable bonds is 7. The molecule has 6 nitrogen and oxygen atoms in total. The van der Waals surface area contributed by atoms with Crippen molar-refractivity contribution in [2.45, 2.75) is 12.8 Å². The molecule has 0 spiro atoms. The molecule has 156 valence electrons. The fourth-order valence-electron chi connectivity index (χ4n) is 4.16. The first kappa shape index (κ1) is 19.4. The third-order valence-corrected chi connectivity index (χ3v) is 5.93. The molecule has 3 aromatic rings. The molecular formula is C23H25ClN4O2. The van der Waals surface area contributed by atoms with Crippen LogP contribution in [0.25, 0.3) is 11.3 Å². The van der Waals surface area contributed by atoms with Gasteiger partial charge in [0.2, 0.25) is 0 Å². The van der Waals surface area contributed by atoms with E-state index in [-0.39, 0.29) is 0 Å². The van der Waals surface area contributed by atoms with Gasteiger partial charge in [0.1, 0.15) is 5.75 Å². The molecule has 1 fully saturated rings. The molecule has 0 unspecified atom stereocenters. The van der Waals surface area contributed by atoms with Crippen LogP contribution in [0.15, 0.2) is 42.5 Å². The van der Waals surface area contributed by atoms with Crippen LogP contribution in [0.1, 0.15) is 17.5 Å². The van der Waals surface area contributed by atoms with Gasteiger partial charge in [0.15, 0.2) is 5.82 Å². The van der Waals surface area contributed by atoms with Crippen LogP contribution in [0.3, 0.4) is 0 Å². The summed E-state index contributed by atoms with van der Waals surface area (Å²) in [6, 6.07) is 13.9. The van der Waals surface area contributed by atoms with Crippen LogP contribution < -0.4 is 10.1 Å². The first-order valence-electron chi connectivity index (χ1n) is 10.4. The molecule has 0 radical (unpaired) electrons. The summed E-state index contributed by atoms with van der Waals surface area (Å²) in [5, 5.41) is 11.8. The Morgan fingerprint density at radius 1 is 1.13 bits per heavy atom. The van der Waals surface area contributed by atoms with E-state index in [4.69, 9.17) is 21.1 Å². The van der Waals surface area contributed by atoms with Gasteiger partial charge in [-0.05, 0) is 30.7 Å². The third kappa shape index (κ3) is 4.03. The Bertz CT molecular complexity index is 1030. The predicted molar refractivity (Wildman–Crippen MR) is 119 cm³/mol. The molecule has 5 rings (SSSR count). The van der Waals surface area contributed by atoms with Crippen LogP contribution >= 0.6 is 11.6 Å². The molecule has 1 aliphatic heterocycles. The second kappa shape index (κ2) is 8.68. The fraction of sp³-hybridized carbons (Fsp3) is 0.348. The van der Waals surface area contributed by atoms with Gasteiger partial charge in [-0.2, -0.15) is 5.10 Å². The minimum absolute atomic E-state index is 0.697. The van der Waals surface area contributed by atoms with Gasteiger partial charge in [0, 0.05) is 53.5 Å². The highest BCUT2D eigenvalue weighted by Crippen LogP contribution is 2.43. The van der Waals surface area contributed by atoms with E-state index in [1.807, 2.05) is 24.3 Å². The van der Waals surface area contributed by atoms with Crippen molar-refractivity contribution in [1.29, 1.82) is 0 Å². The summed E-state index contributed by atoms with van der Waals surface area (Å²) < 4.78 is 11.6. The molecule has 0 amide bonds. The van der Waals surface area contributed by atoms with Crippen molar-refractivity contribution < 1.29 is 9.47 Å². The van der Waals surface area contributed by atoms with E-state index < -0.39 is 0 Å². The minimum atomic E-state index is 0.697. The van der Waals surface area contributed by atoms with Gasteiger partial charge in [-0.25, -0.2) is 0 Å². The maximum Gasteiger partial charge on any atom is 0.156 e. The average molecular weight is 425 g/mol. The lowest BCUT2D eigenvalue weighted by atomic mass is 10.1. The average Bonchev–Trinajstić information content (AvgIpc) is 3.33. The molecule has 7 heteroatoms. The van der Waals surface area contributed by atoms with Crippen LogP contribution in [0.2, 0.25) is 5.02 Å². The number of anilines is 2.